The molecule has 1 heterocycles. The second-order valence-corrected chi connectivity index (χ2v) is 5.15. The summed E-state index contributed by atoms with van der Waals surface area (Å²) in [4.78, 5) is 0. The first kappa shape index (κ1) is 12.8. The van der Waals surface area contributed by atoms with Gasteiger partial charge >= 0.3 is 0 Å². The third-order valence-corrected chi connectivity index (χ3v) is 3.01. The van der Waals surface area contributed by atoms with Crippen LogP contribution in [0.5, 0.6) is 0 Å². The maximum absolute atomic E-state index is 5.94. The van der Waals surface area contributed by atoms with Crippen LogP contribution in [0, 0.1) is 20.8 Å². The average Bonchev–Trinajstić information content (AvgIpc) is 2.57. The van der Waals surface area contributed by atoms with Crippen LogP contribution in [0.2, 0.25) is 0 Å². The molecule has 0 spiro atoms. The third-order valence-electron chi connectivity index (χ3n) is 3.01. The first-order chi connectivity index (χ1) is 8.47. The van der Waals surface area contributed by atoms with E-state index < -0.39 is 0 Å². The van der Waals surface area contributed by atoms with E-state index in [-0.39, 0.29) is 6.04 Å². The molecule has 0 fully saturated rings. The highest BCUT2D eigenvalue weighted by molar-refractivity contribution is 5.44. The minimum atomic E-state index is 0.155. The summed E-state index contributed by atoms with van der Waals surface area (Å²) < 4.78 is 2.01. The molecule has 0 bridgehead atoms. The molecule has 1 aromatic heterocycles. The predicted molar refractivity (Wildman–Crippen MR) is 75.1 cm³/mol. The van der Waals surface area contributed by atoms with E-state index in [0.29, 0.717) is 0 Å². The van der Waals surface area contributed by atoms with Crippen molar-refractivity contribution in [2.45, 2.75) is 40.2 Å². The zero-order valence-electron chi connectivity index (χ0n) is 11.6. The van der Waals surface area contributed by atoms with Crippen molar-refractivity contribution in [2.24, 2.45) is 5.73 Å². The Morgan fingerprint density at radius 1 is 1.22 bits per heavy atom. The Bertz CT molecular complexity index is 553. The second kappa shape index (κ2) is 4.94. The minimum Gasteiger partial charge on any atom is -0.328 e. The van der Waals surface area contributed by atoms with Crippen molar-refractivity contribution in [1.82, 2.24) is 9.78 Å². The van der Waals surface area contributed by atoms with Gasteiger partial charge in [-0.25, -0.2) is 4.68 Å². The molecule has 0 saturated carbocycles. The quantitative estimate of drug-likeness (QED) is 0.900. The lowest BCUT2D eigenvalue weighted by Crippen LogP contribution is -2.19. The van der Waals surface area contributed by atoms with Gasteiger partial charge in [0.15, 0.2) is 0 Å². The van der Waals surface area contributed by atoms with Gasteiger partial charge in [-0.05, 0) is 51.8 Å². The lowest BCUT2D eigenvalue weighted by atomic mass is 10.0. The Morgan fingerprint density at radius 2 is 1.94 bits per heavy atom. The number of nitrogens with zero attached hydrogens (tertiary/aromatic N) is 2. The zero-order valence-corrected chi connectivity index (χ0v) is 11.6. The van der Waals surface area contributed by atoms with Crippen LogP contribution < -0.4 is 5.73 Å². The molecule has 3 heteroatoms. The van der Waals surface area contributed by atoms with E-state index in [1.807, 2.05) is 18.5 Å². The first-order valence-corrected chi connectivity index (χ1v) is 6.36. The number of aromatic nitrogens is 2. The highest BCUT2D eigenvalue weighted by Gasteiger charge is 2.10. The summed E-state index contributed by atoms with van der Waals surface area (Å²) in [6.45, 7) is 8.24. The Hall–Kier alpha value is -1.61. The van der Waals surface area contributed by atoms with Crippen LogP contribution in [0.1, 0.15) is 29.4 Å². The smallest absolute Gasteiger partial charge is 0.0681 e. The van der Waals surface area contributed by atoms with E-state index in [2.05, 4.69) is 43.2 Å². The Balaban J connectivity index is 2.52. The summed E-state index contributed by atoms with van der Waals surface area (Å²) in [5.41, 5.74) is 11.8. The maximum atomic E-state index is 5.94. The van der Waals surface area contributed by atoms with Crippen LogP contribution in [0.25, 0.3) is 5.69 Å². The lowest BCUT2D eigenvalue weighted by molar-refractivity contribution is 0.723. The Kier molecular flexibility index (Phi) is 3.53. The molecule has 0 aliphatic rings. The summed E-state index contributed by atoms with van der Waals surface area (Å²) >= 11 is 0. The summed E-state index contributed by atoms with van der Waals surface area (Å²) in [6.07, 6.45) is 0.870. The topological polar surface area (TPSA) is 43.8 Å². The molecule has 96 valence electrons. The van der Waals surface area contributed by atoms with Crippen LogP contribution in [0.15, 0.2) is 24.3 Å². The highest BCUT2D eigenvalue weighted by Crippen LogP contribution is 2.19. The van der Waals surface area contributed by atoms with E-state index in [1.165, 1.54) is 11.1 Å². The average molecular weight is 243 g/mol. The number of hydrogen-bond donors (Lipinski definition) is 1. The molecule has 0 aliphatic heterocycles. The SMILES string of the molecule is Cc1ccc(-n2nc(C)cc2C)c(CC(C)N)c1. The van der Waals surface area contributed by atoms with Gasteiger partial charge in [-0.1, -0.05) is 17.7 Å². The molecular formula is C15H21N3. The molecule has 2 rings (SSSR count). The molecular weight excluding hydrogens is 222 g/mol. The minimum absolute atomic E-state index is 0.155. The van der Waals surface area contributed by atoms with Crippen molar-refractivity contribution in [3.05, 3.63) is 46.8 Å². The molecule has 3 nitrogen and oxygen atoms in total. The fraction of sp³-hybridized carbons (Fsp3) is 0.400. The lowest BCUT2D eigenvalue weighted by Gasteiger charge is -2.14. The van der Waals surface area contributed by atoms with Gasteiger partial charge in [-0.3, -0.25) is 0 Å². The summed E-state index contributed by atoms with van der Waals surface area (Å²) in [6, 6.07) is 8.70. The fourth-order valence-corrected chi connectivity index (χ4v) is 2.30. The predicted octanol–water partition coefficient (Wildman–Crippen LogP) is 2.69. The summed E-state index contributed by atoms with van der Waals surface area (Å²) in [7, 11) is 0. The van der Waals surface area contributed by atoms with Crippen molar-refractivity contribution in [3.63, 3.8) is 0 Å². The largest absolute Gasteiger partial charge is 0.328 e. The Labute approximate surface area is 109 Å². The molecule has 1 unspecified atom stereocenters. The van der Waals surface area contributed by atoms with Crippen LogP contribution in [-0.2, 0) is 6.42 Å². The van der Waals surface area contributed by atoms with E-state index in [4.69, 9.17) is 5.73 Å². The molecule has 18 heavy (non-hydrogen) atoms. The number of nitrogens with two attached hydrogens (primary N) is 1. The number of hydrogen-bond acceptors (Lipinski definition) is 2. The van der Waals surface area contributed by atoms with Gasteiger partial charge in [0, 0.05) is 11.7 Å². The molecule has 2 N–H and O–H groups in total. The van der Waals surface area contributed by atoms with Crippen LogP contribution in [0.3, 0.4) is 0 Å². The number of benzene rings is 1. The molecule has 0 saturated heterocycles. The molecule has 0 radical (unpaired) electrons. The van der Waals surface area contributed by atoms with Crippen molar-refractivity contribution in [2.75, 3.05) is 0 Å². The van der Waals surface area contributed by atoms with E-state index >= 15 is 0 Å². The summed E-state index contributed by atoms with van der Waals surface area (Å²) in [5, 5.41) is 4.55. The monoisotopic (exact) mass is 243 g/mol. The molecule has 1 atom stereocenters. The van der Waals surface area contributed by atoms with E-state index in [9.17, 15) is 0 Å². The van der Waals surface area contributed by atoms with Crippen LogP contribution >= 0.6 is 0 Å². The van der Waals surface area contributed by atoms with Crippen molar-refractivity contribution in [3.8, 4) is 5.69 Å². The van der Waals surface area contributed by atoms with Crippen molar-refractivity contribution < 1.29 is 0 Å². The normalized spacial score (nSPS) is 12.7. The molecule has 0 amide bonds. The van der Waals surface area contributed by atoms with Crippen molar-refractivity contribution >= 4 is 0 Å². The van der Waals surface area contributed by atoms with Crippen LogP contribution in [0.4, 0.5) is 0 Å². The van der Waals surface area contributed by atoms with E-state index in [1.54, 1.807) is 0 Å². The van der Waals surface area contributed by atoms with Crippen LogP contribution in [-0.4, -0.2) is 15.8 Å². The standard InChI is InChI=1S/C15H21N3/c1-10-5-6-15(14(7-10)8-11(2)16)18-13(4)9-12(3)17-18/h5-7,9,11H,8,16H2,1-4H3. The summed E-state index contributed by atoms with van der Waals surface area (Å²) in [5.74, 6) is 0. The molecule has 2 aromatic rings. The maximum Gasteiger partial charge on any atom is 0.0681 e. The van der Waals surface area contributed by atoms with Crippen molar-refractivity contribution in [1.29, 1.82) is 0 Å². The van der Waals surface area contributed by atoms with Gasteiger partial charge in [0.05, 0.1) is 11.4 Å². The van der Waals surface area contributed by atoms with Gasteiger partial charge < -0.3 is 5.73 Å². The van der Waals surface area contributed by atoms with Gasteiger partial charge in [0.25, 0.3) is 0 Å². The number of aryl methyl sites for hydroxylation is 3. The highest BCUT2D eigenvalue weighted by atomic mass is 15.3. The molecule has 0 aliphatic carbocycles. The second-order valence-electron chi connectivity index (χ2n) is 5.15. The van der Waals surface area contributed by atoms with Gasteiger partial charge in [0.2, 0.25) is 0 Å². The Morgan fingerprint density at radius 3 is 2.50 bits per heavy atom. The van der Waals surface area contributed by atoms with Gasteiger partial charge in [-0.2, -0.15) is 5.10 Å². The number of rotatable bonds is 3. The molecule has 1 aromatic carbocycles. The fourth-order valence-electron chi connectivity index (χ4n) is 2.30. The third kappa shape index (κ3) is 2.62. The van der Waals surface area contributed by atoms with Gasteiger partial charge in [0.1, 0.15) is 0 Å². The van der Waals surface area contributed by atoms with E-state index in [0.717, 1.165) is 23.5 Å². The van der Waals surface area contributed by atoms with Gasteiger partial charge in [-0.15, -0.1) is 0 Å². The first-order valence-electron chi connectivity index (χ1n) is 6.36. The zero-order chi connectivity index (χ0) is 13.3.